The van der Waals surface area contributed by atoms with Crippen LogP contribution in [0.3, 0.4) is 0 Å². The van der Waals surface area contributed by atoms with Crippen LogP contribution in [0.2, 0.25) is 0 Å². The van der Waals surface area contributed by atoms with Gasteiger partial charge in [0.2, 0.25) is 0 Å². The minimum Gasteiger partial charge on any atom is -0.483 e. The number of halogens is 4. The molecule has 1 heterocycles. The van der Waals surface area contributed by atoms with Crippen molar-refractivity contribution in [2.24, 2.45) is 0 Å². The smallest absolute Gasteiger partial charge is 0.483 e. The number of rotatable bonds is 4. The Morgan fingerprint density at radius 1 is 1.09 bits per heavy atom. The van der Waals surface area contributed by atoms with Gasteiger partial charge in [0.05, 0.1) is 17.7 Å². The number of hydrogen-bond acceptors (Lipinski definition) is 6. The van der Waals surface area contributed by atoms with Crippen LogP contribution in [0.15, 0.2) is 42.5 Å². The summed E-state index contributed by atoms with van der Waals surface area (Å²) in [6.45, 7) is 4.71. The lowest BCUT2D eigenvalue weighted by atomic mass is 9.99. The molecule has 0 bridgehead atoms. The van der Waals surface area contributed by atoms with Crippen LogP contribution in [0.4, 0.5) is 17.6 Å². The minimum absolute atomic E-state index is 0.0530. The fourth-order valence-corrected chi connectivity index (χ4v) is 3.41. The lowest BCUT2D eigenvalue weighted by Crippen LogP contribution is -2.31. The van der Waals surface area contributed by atoms with E-state index in [4.69, 9.17) is 9.47 Å². The number of fused-ring (bicyclic) bond motifs is 1. The van der Waals surface area contributed by atoms with E-state index in [-0.39, 0.29) is 34.6 Å². The topological polar surface area (TPSA) is 78.9 Å². The van der Waals surface area contributed by atoms with Gasteiger partial charge in [-0.15, -0.1) is 0 Å². The molecule has 6 nitrogen and oxygen atoms in total. The lowest BCUT2D eigenvalue weighted by Gasteiger charge is -2.30. The number of esters is 1. The average molecular weight is 498 g/mol. The number of hydrogen-bond donors (Lipinski definition) is 0. The zero-order chi connectivity index (χ0) is 25.3. The van der Waals surface area contributed by atoms with Crippen molar-refractivity contribution in [2.75, 3.05) is 6.61 Å². The van der Waals surface area contributed by atoms with Crippen LogP contribution < -0.4 is 4.74 Å². The quantitative estimate of drug-likeness (QED) is 0.199. The van der Waals surface area contributed by atoms with Crippen molar-refractivity contribution in [1.29, 1.82) is 0 Å². The van der Waals surface area contributed by atoms with Crippen LogP contribution in [0, 0.1) is 17.7 Å². The Hall–Kier alpha value is -3.52. The summed E-state index contributed by atoms with van der Waals surface area (Å²) in [6, 6.07) is 7.84. The van der Waals surface area contributed by atoms with E-state index in [9.17, 15) is 30.8 Å². The maximum absolute atomic E-state index is 14.2. The SMILES string of the molecule is CCOC(=O)c1ccc(C#Cc2ccc3c(c2)C(OS(=O)(=O)C(F)(F)F)=CC(C)(C)O3)cc1F. The highest BCUT2D eigenvalue weighted by Gasteiger charge is 2.49. The molecular weight excluding hydrogens is 480 g/mol. The molecule has 180 valence electrons. The number of alkyl halides is 3. The molecule has 0 amide bonds. The van der Waals surface area contributed by atoms with Crippen LogP contribution in [-0.2, 0) is 19.0 Å². The fourth-order valence-electron chi connectivity index (χ4n) is 2.94. The van der Waals surface area contributed by atoms with Crippen molar-refractivity contribution in [1.82, 2.24) is 0 Å². The van der Waals surface area contributed by atoms with Gasteiger partial charge >= 0.3 is 21.6 Å². The van der Waals surface area contributed by atoms with Gasteiger partial charge in [0.15, 0.2) is 5.76 Å². The van der Waals surface area contributed by atoms with Gasteiger partial charge in [-0.2, -0.15) is 21.6 Å². The highest BCUT2D eigenvalue weighted by Crippen LogP contribution is 2.40. The molecule has 0 unspecified atom stereocenters. The zero-order valence-corrected chi connectivity index (χ0v) is 18.9. The predicted molar refractivity (Wildman–Crippen MR) is 114 cm³/mol. The van der Waals surface area contributed by atoms with Crippen molar-refractivity contribution in [3.05, 3.63) is 70.5 Å². The molecule has 3 rings (SSSR count). The lowest BCUT2D eigenvalue weighted by molar-refractivity contribution is -0.0510. The summed E-state index contributed by atoms with van der Waals surface area (Å²) in [4.78, 5) is 11.7. The normalized spacial score (nSPS) is 14.6. The monoisotopic (exact) mass is 498 g/mol. The Balaban J connectivity index is 1.95. The molecular formula is C23H18F4O6S. The van der Waals surface area contributed by atoms with Crippen LogP contribution in [0.25, 0.3) is 5.76 Å². The van der Waals surface area contributed by atoms with Gasteiger partial charge in [-0.25, -0.2) is 9.18 Å². The molecule has 1 aliphatic heterocycles. The molecule has 2 aromatic rings. The first-order chi connectivity index (χ1) is 15.7. The van der Waals surface area contributed by atoms with Gasteiger partial charge in [-0.3, -0.25) is 0 Å². The summed E-state index contributed by atoms with van der Waals surface area (Å²) in [5.74, 6) is 3.26. The summed E-state index contributed by atoms with van der Waals surface area (Å²) in [5, 5.41) is 0. The van der Waals surface area contributed by atoms with E-state index in [1.807, 2.05) is 0 Å². The van der Waals surface area contributed by atoms with Crippen molar-refractivity contribution in [3.8, 4) is 17.6 Å². The van der Waals surface area contributed by atoms with Gasteiger partial charge in [0.25, 0.3) is 0 Å². The van der Waals surface area contributed by atoms with Gasteiger partial charge in [-0.1, -0.05) is 11.8 Å². The van der Waals surface area contributed by atoms with E-state index in [0.717, 1.165) is 12.1 Å². The summed E-state index contributed by atoms with van der Waals surface area (Å²) < 4.78 is 90.6. The summed E-state index contributed by atoms with van der Waals surface area (Å²) >= 11 is 0. The zero-order valence-electron chi connectivity index (χ0n) is 18.1. The van der Waals surface area contributed by atoms with E-state index in [1.54, 1.807) is 6.92 Å². The van der Waals surface area contributed by atoms with Crippen molar-refractivity contribution in [2.45, 2.75) is 31.9 Å². The molecule has 0 spiro atoms. The first-order valence-corrected chi connectivity index (χ1v) is 11.2. The Kier molecular flexibility index (Phi) is 6.66. The van der Waals surface area contributed by atoms with E-state index in [0.29, 0.717) is 0 Å². The molecule has 2 aromatic carbocycles. The maximum atomic E-state index is 14.2. The van der Waals surface area contributed by atoms with Crippen molar-refractivity contribution >= 4 is 21.8 Å². The summed E-state index contributed by atoms with van der Waals surface area (Å²) in [7, 11) is -5.92. The Morgan fingerprint density at radius 2 is 1.71 bits per heavy atom. The molecule has 0 saturated heterocycles. The molecule has 34 heavy (non-hydrogen) atoms. The standard InChI is InChI=1S/C23H18F4O6S/c1-4-31-21(28)16-9-7-15(12-18(16)24)6-5-14-8-10-19-17(11-14)20(13-22(2,3)32-19)33-34(29,30)23(25,26)27/h7-13H,4H2,1-3H3. The van der Waals surface area contributed by atoms with Crippen LogP contribution in [0.1, 0.15) is 47.8 Å². The predicted octanol–water partition coefficient (Wildman–Crippen LogP) is 4.78. The van der Waals surface area contributed by atoms with E-state index in [1.165, 1.54) is 44.2 Å². The van der Waals surface area contributed by atoms with Crippen molar-refractivity contribution < 1.29 is 44.4 Å². The highest BCUT2D eigenvalue weighted by atomic mass is 32.2. The maximum Gasteiger partial charge on any atom is 0.534 e. The third kappa shape index (κ3) is 5.51. The minimum atomic E-state index is -5.92. The third-order valence-corrected chi connectivity index (χ3v) is 5.36. The first kappa shape index (κ1) is 25.1. The second kappa shape index (κ2) is 9.02. The van der Waals surface area contributed by atoms with Crippen LogP contribution in [0.5, 0.6) is 5.75 Å². The molecule has 0 N–H and O–H groups in total. The Bertz CT molecular complexity index is 1330. The molecule has 1 aliphatic rings. The summed E-state index contributed by atoms with van der Waals surface area (Å²) in [6.07, 6.45) is 1.11. The van der Waals surface area contributed by atoms with Gasteiger partial charge in [0.1, 0.15) is 17.2 Å². The Morgan fingerprint density at radius 3 is 2.29 bits per heavy atom. The largest absolute Gasteiger partial charge is 0.534 e. The third-order valence-electron chi connectivity index (χ3n) is 4.40. The molecule has 0 radical (unpaired) electrons. The van der Waals surface area contributed by atoms with Gasteiger partial charge in [0, 0.05) is 17.2 Å². The van der Waals surface area contributed by atoms with E-state index >= 15 is 0 Å². The van der Waals surface area contributed by atoms with E-state index in [2.05, 4.69) is 16.0 Å². The van der Waals surface area contributed by atoms with Crippen LogP contribution >= 0.6 is 0 Å². The number of benzene rings is 2. The van der Waals surface area contributed by atoms with Crippen molar-refractivity contribution in [3.63, 3.8) is 0 Å². The first-order valence-electron chi connectivity index (χ1n) is 9.78. The average Bonchev–Trinajstić information content (AvgIpc) is 2.70. The number of ether oxygens (including phenoxy) is 2. The second-order valence-electron chi connectivity index (χ2n) is 7.57. The Labute approximate surface area is 193 Å². The number of carbonyl (C=O) groups is 1. The molecule has 0 fully saturated rings. The molecule has 0 aromatic heterocycles. The van der Waals surface area contributed by atoms with E-state index < -0.39 is 38.8 Å². The molecule has 11 heteroatoms. The van der Waals surface area contributed by atoms with Crippen LogP contribution in [-0.4, -0.2) is 32.1 Å². The summed E-state index contributed by atoms with van der Waals surface area (Å²) in [5.41, 5.74) is -6.59. The highest BCUT2D eigenvalue weighted by molar-refractivity contribution is 7.87. The van der Waals surface area contributed by atoms with Gasteiger partial charge < -0.3 is 13.7 Å². The molecule has 0 atom stereocenters. The fraction of sp³-hybridized carbons (Fsp3) is 0.261. The molecule has 0 aliphatic carbocycles. The number of carbonyl (C=O) groups excluding carboxylic acids is 1. The van der Waals surface area contributed by atoms with Gasteiger partial charge in [-0.05, 0) is 57.2 Å². The second-order valence-corrected chi connectivity index (χ2v) is 9.11. The molecule has 0 saturated carbocycles.